The molecule has 0 bridgehead atoms. The molecule has 0 aliphatic carbocycles. The van der Waals surface area contributed by atoms with Crippen LogP contribution in [0.3, 0.4) is 0 Å². The molecule has 3 heteroatoms. The molecule has 0 saturated carbocycles. The number of aliphatic hydroxyl groups is 1. The molecule has 1 N–H and O–H groups in total. The van der Waals surface area contributed by atoms with E-state index in [0.29, 0.717) is 6.04 Å². The molecule has 1 heterocycles. The van der Waals surface area contributed by atoms with Gasteiger partial charge in [0.25, 0.3) is 0 Å². The summed E-state index contributed by atoms with van der Waals surface area (Å²) in [4.78, 5) is 4.13. The highest BCUT2D eigenvalue weighted by molar-refractivity contribution is 5.34. The van der Waals surface area contributed by atoms with E-state index >= 15 is 0 Å². The van der Waals surface area contributed by atoms with Crippen molar-refractivity contribution in [2.45, 2.75) is 39.8 Å². The van der Waals surface area contributed by atoms with E-state index in [1.165, 1.54) is 11.1 Å². The van der Waals surface area contributed by atoms with Crippen LogP contribution in [0.15, 0.2) is 30.7 Å². The zero-order valence-corrected chi connectivity index (χ0v) is 11.4. The van der Waals surface area contributed by atoms with Gasteiger partial charge in [0.1, 0.15) is 6.10 Å². The normalized spacial score (nSPS) is 13.0. The van der Waals surface area contributed by atoms with E-state index in [9.17, 15) is 5.11 Å². The van der Waals surface area contributed by atoms with E-state index < -0.39 is 6.10 Å². The van der Waals surface area contributed by atoms with Crippen LogP contribution in [0.4, 0.5) is 0 Å². The van der Waals surface area contributed by atoms with Crippen LogP contribution in [0, 0.1) is 13.8 Å². The van der Waals surface area contributed by atoms with E-state index in [2.05, 4.69) is 32.7 Å². The number of benzene rings is 1. The van der Waals surface area contributed by atoms with Gasteiger partial charge in [-0.15, -0.1) is 0 Å². The number of aliphatic hydroxyl groups excluding tert-OH is 1. The van der Waals surface area contributed by atoms with Gasteiger partial charge in [0.2, 0.25) is 0 Å². The lowest BCUT2D eigenvalue weighted by atomic mass is 10.0. The first-order valence-corrected chi connectivity index (χ1v) is 6.27. The van der Waals surface area contributed by atoms with Crippen molar-refractivity contribution < 1.29 is 5.11 Å². The van der Waals surface area contributed by atoms with E-state index in [-0.39, 0.29) is 0 Å². The van der Waals surface area contributed by atoms with Crippen molar-refractivity contribution in [1.29, 1.82) is 0 Å². The fourth-order valence-electron chi connectivity index (χ4n) is 2.06. The van der Waals surface area contributed by atoms with Crippen LogP contribution in [-0.2, 0) is 0 Å². The second-order valence-electron chi connectivity index (χ2n) is 5.07. The number of hydrogen-bond donors (Lipinski definition) is 1. The summed E-state index contributed by atoms with van der Waals surface area (Å²) >= 11 is 0. The Balaban J connectivity index is 2.38. The van der Waals surface area contributed by atoms with Crippen molar-refractivity contribution in [3.63, 3.8) is 0 Å². The van der Waals surface area contributed by atoms with Gasteiger partial charge in [-0.2, -0.15) is 0 Å². The first-order chi connectivity index (χ1) is 8.50. The minimum atomic E-state index is -0.616. The first-order valence-electron chi connectivity index (χ1n) is 6.27. The van der Waals surface area contributed by atoms with Gasteiger partial charge < -0.3 is 9.67 Å². The molecule has 1 aromatic carbocycles. The molecule has 96 valence electrons. The Bertz CT molecular complexity index is 543. The predicted octanol–water partition coefficient (Wildman–Crippen LogP) is 3.16. The van der Waals surface area contributed by atoms with Crippen molar-refractivity contribution in [3.05, 3.63) is 53.1 Å². The van der Waals surface area contributed by atoms with Gasteiger partial charge in [-0.3, -0.25) is 0 Å². The Hall–Kier alpha value is -1.61. The van der Waals surface area contributed by atoms with Crippen molar-refractivity contribution in [2.75, 3.05) is 0 Å². The molecule has 1 atom stereocenters. The zero-order valence-electron chi connectivity index (χ0n) is 11.4. The quantitative estimate of drug-likeness (QED) is 0.900. The Labute approximate surface area is 108 Å². The van der Waals surface area contributed by atoms with Crippen LogP contribution in [-0.4, -0.2) is 14.7 Å². The Morgan fingerprint density at radius 2 is 1.89 bits per heavy atom. The number of aryl methyl sites for hydroxylation is 2. The summed E-state index contributed by atoms with van der Waals surface area (Å²) in [5, 5.41) is 10.5. The van der Waals surface area contributed by atoms with E-state index in [0.717, 1.165) is 11.3 Å². The standard InChI is InChI=1S/C15H20N2O/c1-10(2)17-9-16-8-14(17)15(18)13-6-5-11(3)12(4)7-13/h5-10,15,18H,1-4H3. The molecule has 2 rings (SSSR count). The maximum absolute atomic E-state index is 10.5. The van der Waals surface area contributed by atoms with Crippen molar-refractivity contribution >= 4 is 0 Å². The fourth-order valence-corrected chi connectivity index (χ4v) is 2.06. The summed E-state index contributed by atoms with van der Waals surface area (Å²) in [5.41, 5.74) is 4.19. The lowest BCUT2D eigenvalue weighted by Crippen LogP contribution is -2.10. The summed E-state index contributed by atoms with van der Waals surface area (Å²) in [6.07, 6.45) is 2.89. The highest BCUT2D eigenvalue weighted by Gasteiger charge is 2.16. The second-order valence-corrected chi connectivity index (χ2v) is 5.07. The van der Waals surface area contributed by atoms with Crippen LogP contribution >= 0.6 is 0 Å². The molecule has 0 radical (unpaired) electrons. The SMILES string of the molecule is Cc1ccc(C(O)c2cncn2C(C)C)cc1C. The molecule has 1 unspecified atom stereocenters. The number of rotatable bonds is 3. The summed E-state index contributed by atoms with van der Waals surface area (Å²) < 4.78 is 2.00. The average Bonchev–Trinajstić information content (AvgIpc) is 2.81. The molecule has 0 saturated heterocycles. The molecule has 18 heavy (non-hydrogen) atoms. The van der Waals surface area contributed by atoms with Crippen LogP contribution in [0.5, 0.6) is 0 Å². The minimum absolute atomic E-state index is 0.295. The van der Waals surface area contributed by atoms with Crippen molar-refractivity contribution in [3.8, 4) is 0 Å². The third-order valence-corrected chi connectivity index (χ3v) is 3.38. The van der Waals surface area contributed by atoms with Gasteiger partial charge in [0.15, 0.2) is 0 Å². The number of aromatic nitrogens is 2. The minimum Gasteiger partial charge on any atom is -0.382 e. The highest BCUT2D eigenvalue weighted by Crippen LogP contribution is 2.25. The van der Waals surface area contributed by atoms with Gasteiger partial charge in [-0.1, -0.05) is 18.2 Å². The third-order valence-electron chi connectivity index (χ3n) is 3.38. The molecular formula is C15H20N2O. The molecular weight excluding hydrogens is 224 g/mol. The maximum atomic E-state index is 10.5. The third kappa shape index (κ3) is 2.31. The molecule has 1 aromatic heterocycles. The van der Waals surface area contributed by atoms with Crippen LogP contribution < -0.4 is 0 Å². The van der Waals surface area contributed by atoms with Crippen LogP contribution in [0.25, 0.3) is 0 Å². The van der Waals surface area contributed by atoms with Gasteiger partial charge in [-0.25, -0.2) is 4.98 Å². The molecule has 0 fully saturated rings. The zero-order chi connectivity index (χ0) is 13.3. The van der Waals surface area contributed by atoms with Crippen LogP contribution in [0.2, 0.25) is 0 Å². The summed E-state index contributed by atoms with van der Waals surface area (Å²) in [7, 11) is 0. The molecule has 2 aromatic rings. The van der Waals surface area contributed by atoms with E-state index in [1.807, 2.05) is 22.8 Å². The number of hydrogen-bond acceptors (Lipinski definition) is 2. The smallest absolute Gasteiger partial charge is 0.121 e. The monoisotopic (exact) mass is 244 g/mol. The Kier molecular flexibility index (Phi) is 3.53. The largest absolute Gasteiger partial charge is 0.382 e. The fraction of sp³-hybridized carbons (Fsp3) is 0.400. The molecule has 0 spiro atoms. The number of nitrogens with zero attached hydrogens (tertiary/aromatic N) is 2. The van der Waals surface area contributed by atoms with Gasteiger partial charge in [0.05, 0.1) is 18.2 Å². The van der Waals surface area contributed by atoms with E-state index in [1.54, 1.807) is 12.5 Å². The number of imidazole rings is 1. The summed E-state index contributed by atoms with van der Waals surface area (Å²) in [6, 6.07) is 6.36. The molecule has 0 amide bonds. The molecule has 3 nitrogen and oxygen atoms in total. The summed E-state index contributed by atoms with van der Waals surface area (Å²) in [5.74, 6) is 0. The average molecular weight is 244 g/mol. The van der Waals surface area contributed by atoms with Gasteiger partial charge in [-0.05, 0) is 44.4 Å². The molecule has 0 aliphatic rings. The Morgan fingerprint density at radius 1 is 1.17 bits per heavy atom. The van der Waals surface area contributed by atoms with Crippen molar-refractivity contribution in [2.24, 2.45) is 0 Å². The highest BCUT2D eigenvalue weighted by atomic mass is 16.3. The van der Waals surface area contributed by atoms with Crippen molar-refractivity contribution in [1.82, 2.24) is 9.55 Å². The lowest BCUT2D eigenvalue weighted by molar-refractivity contribution is 0.208. The van der Waals surface area contributed by atoms with Crippen LogP contribution in [0.1, 0.15) is 48.4 Å². The Morgan fingerprint density at radius 3 is 2.50 bits per heavy atom. The van der Waals surface area contributed by atoms with E-state index in [4.69, 9.17) is 0 Å². The summed E-state index contributed by atoms with van der Waals surface area (Å²) in [6.45, 7) is 8.30. The lowest BCUT2D eigenvalue weighted by Gasteiger charge is -2.17. The van der Waals surface area contributed by atoms with Gasteiger partial charge in [0, 0.05) is 6.04 Å². The topological polar surface area (TPSA) is 38.1 Å². The predicted molar refractivity (Wildman–Crippen MR) is 72.6 cm³/mol. The second kappa shape index (κ2) is 4.94. The molecule has 0 aliphatic heterocycles. The maximum Gasteiger partial charge on any atom is 0.121 e. The van der Waals surface area contributed by atoms with Gasteiger partial charge >= 0.3 is 0 Å². The first kappa shape index (κ1) is 12.8.